The third kappa shape index (κ3) is 5.99. The van der Waals surface area contributed by atoms with Gasteiger partial charge in [-0.3, -0.25) is 4.90 Å². The lowest BCUT2D eigenvalue weighted by atomic mass is 10.0. The molecule has 1 heterocycles. The van der Waals surface area contributed by atoms with Crippen LogP contribution in [0, 0.1) is 5.82 Å². The SMILES string of the molecule is CC(C)(C)OC(=O)NC1CCN(Cc2ccc(Cl)cc2F)CC1. The maximum absolute atomic E-state index is 13.8. The Morgan fingerprint density at radius 3 is 2.61 bits per heavy atom. The van der Waals surface area contributed by atoms with Gasteiger partial charge in [-0.1, -0.05) is 17.7 Å². The number of nitrogens with zero attached hydrogens (tertiary/aromatic N) is 1. The van der Waals surface area contributed by atoms with Crippen LogP contribution in [0.5, 0.6) is 0 Å². The van der Waals surface area contributed by atoms with Crippen molar-refractivity contribution in [2.75, 3.05) is 13.1 Å². The molecule has 0 atom stereocenters. The molecule has 0 bridgehead atoms. The Balaban J connectivity index is 1.79. The Kier molecular flexibility index (Phi) is 5.87. The van der Waals surface area contributed by atoms with Crippen LogP contribution >= 0.6 is 11.6 Å². The molecule has 2 rings (SSSR count). The van der Waals surface area contributed by atoms with E-state index in [0.29, 0.717) is 17.1 Å². The number of hydrogen-bond acceptors (Lipinski definition) is 3. The predicted octanol–water partition coefficient (Wildman–Crippen LogP) is 3.97. The first-order chi connectivity index (χ1) is 10.7. The standard InChI is InChI=1S/C17H24ClFN2O2/c1-17(2,3)23-16(22)20-14-6-8-21(9-7-14)11-12-4-5-13(18)10-15(12)19/h4-5,10,14H,6-9,11H2,1-3H3,(H,20,22). The molecular weight excluding hydrogens is 319 g/mol. The monoisotopic (exact) mass is 342 g/mol. The van der Waals surface area contributed by atoms with E-state index in [1.165, 1.54) is 6.07 Å². The second kappa shape index (κ2) is 7.49. The molecule has 1 amide bonds. The highest BCUT2D eigenvalue weighted by molar-refractivity contribution is 6.30. The molecule has 0 spiro atoms. The highest BCUT2D eigenvalue weighted by atomic mass is 35.5. The van der Waals surface area contributed by atoms with Gasteiger partial charge in [0, 0.05) is 36.3 Å². The van der Waals surface area contributed by atoms with Crippen molar-refractivity contribution in [3.63, 3.8) is 0 Å². The van der Waals surface area contributed by atoms with Crippen LogP contribution in [0.1, 0.15) is 39.2 Å². The molecule has 6 heteroatoms. The van der Waals surface area contributed by atoms with Gasteiger partial charge in [0.15, 0.2) is 0 Å². The lowest BCUT2D eigenvalue weighted by molar-refractivity contribution is 0.0477. The van der Waals surface area contributed by atoms with Crippen LogP contribution in [0.25, 0.3) is 0 Å². The zero-order valence-electron chi connectivity index (χ0n) is 13.9. The number of rotatable bonds is 3. The number of carbonyl (C=O) groups excluding carboxylic acids is 1. The number of halogens is 2. The van der Waals surface area contributed by atoms with Crippen molar-refractivity contribution in [3.8, 4) is 0 Å². The summed E-state index contributed by atoms with van der Waals surface area (Å²) in [6.07, 6.45) is 1.28. The van der Waals surface area contributed by atoms with Gasteiger partial charge >= 0.3 is 6.09 Å². The lowest BCUT2D eigenvalue weighted by Gasteiger charge is -2.32. The number of piperidine rings is 1. The maximum atomic E-state index is 13.8. The molecule has 4 nitrogen and oxygen atoms in total. The molecule has 1 aliphatic heterocycles. The quantitative estimate of drug-likeness (QED) is 0.903. The Morgan fingerprint density at radius 1 is 1.39 bits per heavy atom. The summed E-state index contributed by atoms with van der Waals surface area (Å²) >= 11 is 5.77. The fourth-order valence-electron chi connectivity index (χ4n) is 2.60. The smallest absolute Gasteiger partial charge is 0.407 e. The van der Waals surface area contributed by atoms with Crippen molar-refractivity contribution in [3.05, 3.63) is 34.6 Å². The predicted molar refractivity (Wildman–Crippen MR) is 89.1 cm³/mol. The molecule has 128 valence electrons. The minimum absolute atomic E-state index is 0.108. The molecule has 1 aliphatic rings. The summed E-state index contributed by atoms with van der Waals surface area (Å²) in [5, 5.41) is 3.31. The number of hydrogen-bond donors (Lipinski definition) is 1. The van der Waals surface area contributed by atoms with Crippen LogP contribution < -0.4 is 5.32 Å². The van der Waals surface area contributed by atoms with Crippen molar-refractivity contribution in [1.29, 1.82) is 0 Å². The number of carbonyl (C=O) groups is 1. The largest absolute Gasteiger partial charge is 0.444 e. The van der Waals surface area contributed by atoms with E-state index in [-0.39, 0.29) is 18.0 Å². The molecule has 0 unspecified atom stereocenters. The van der Waals surface area contributed by atoms with Gasteiger partial charge in [-0.05, 0) is 45.7 Å². The van der Waals surface area contributed by atoms with Crippen molar-refractivity contribution >= 4 is 17.7 Å². The Labute approximate surface area is 141 Å². The lowest BCUT2D eigenvalue weighted by Crippen LogP contribution is -2.45. The van der Waals surface area contributed by atoms with E-state index in [4.69, 9.17) is 16.3 Å². The van der Waals surface area contributed by atoms with Crippen LogP contribution in [-0.2, 0) is 11.3 Å². The van der Waals surface area contributed by atoms with Crippen molar-refractivity contribution in [1.82, 2.24) is 10.2 Å². The van der Waals surface area contributed by atoms with Gasteiger partial charge in [0.2, 0.25) is 0 Å². The van der Waals surface area contributed by atoms with E-state index in [2.05, 4.69) is 10.2 Å². The first kappa shape index (κ1) is 18.0. The molecule has 1 saturated heterocycles. The summed E-state index contributed by atoms with van der Waals surface area (Å²) in [5.41, 5.74) is 0.157. The molecule has 0 radical (unpaired) electrons. The minimum Gasteiger partial charge on any atom is -0.444 e. The second-order valence-corrected chi connectivity index (χ2v) is 7.37. The molecule has 1 aromatic carbocycles. The molecule has 0 aromatic heterocycles. The molecule has 1 fully saturated rings. The van der Waals surface area contributed by atoms with E-state index >= 15 is 0 Å². The number of amides is 1. The minimum atomic E-state index is -0.489. The van der Waals surface area contributed by atoms with Crippen LogP contribution in [0.4, 0.5) is 9.18 Å². The summed E-state index contributed by atoms with van der Waals surface area (Å²) in [4.78, 5) is 13.9. The average molecular weight is 343 g/mol. The number of alkyl carbamates (subject to hydrolysis) is 1. The maximum Gasteiger partial charge on any atom is 0.407 e. The second-order valence-electron chi connectivity index (χ2n) is 6.93. The van der Waals surface area contributed by atoms with E-state index in [0.717, 1.165) is 25.9 Å². The van der Waals surface area contributed by atoms with Crippen LogP contribution in [-0.4, -0.2) is 35.7 Å². The van der Waals surface area contributed by atoms with E-state index in [9.17, 15) is 9.18 Å². The van der Waals surface area contributed by atoms with Gasteiger partial charge in [-0.25, -0.2) is 9.18 Å². The summed E-state index contributed by atoms with van der Waals surface area (Å²) in [7, 11) is 0. The van der Waals surface area contributed by atoms with E-state index < -0.39 is 5.60 Å². The van der Waals surface area contributed by atoms with Gasteiger partial charge in [-0.15, -0.1) is 0 Å². The highest BCUT2D eigenvalue weighted by Gasteiger charge is 2.24. The fraction of sp³-hybridized carbons (Fsp3) is 0.588. The molecule has 0 aliphatic carbocycles. The third-order valence-corrected chi connectivity index (χ3v) is 3.95. The van der Waals surface area contributed by atoms with E-state index in [1.807, 2.05) is 20.8 Å². The van der Waals surface area contributed by atoms with Gasteiger partial charge in [-0.2, -0.15) is 0 Å². The topological polar surface area (TPSA) is 41.6 Å². The normalized spacial score (nSPS) is 17.1. The van der Waals surface area contributed by atoms with Gasteiger partial charge in [0.05, 0.1) is 0 Å². The zero-order valence-corrected chi connectivity index (χ0v) is 14.6. The molecular formula is C17H24ClFN2O2. The van der Waals surface area contributed by atoms with Crippen molar-refractivity contribution in [2.24, 2.45) is 0 Å². The van der Waals surface area contributed by atoms with Gasteiger partial charge < -0.3 is 10.1 Å². The molecule has 23 heavy (non-hydrogen) atoms. The molecule has 1 aromatic rings. The van der Waals surface area contributed by atoms with Crippen molar-refractivity contribution < 1.29 is 13.9 Å². The Bertz CT molecular complexity index is 552. The number of benzene rings is 1. The summed E-state index contributed by atoms with van der Waals surface area (Å²) in [6.45, 7) is 7.70. The molecule has 1 N–H and O–H groups in total. The molecule has 0 saturated carbocycles. The first-order valence-corrected chi connectivity index (χ1v) is 8.26. The third-order valence-electron chi connectivity index (χ3n) is 3.72. The number of ether oxygens (including phenoxy) is 1. The van der Waals surface area contributed by atoms with Gasteiger partial charge in [0.25, 0.3) is 0 Å². The number of nitrogens with one attached hydrogen (secondary N) is 1. The Morgan fingerprint density at radius 2 is 2.04 bits per heavy atom. The first-order valence-electron chi connectivity index (χ1n) is 7.89. The highest BCUT2D eigenvalue weighted by Crippen LogP contribution is 2.19. The fourth-order valence-corrected chi connectivity index (χ4v) is 2.76. The summed E-state index contributed by atoms with van der Waals surface area (Å²) in [6, 6.07) is 4.88. The Hall–Kier alpha value is -1.33. The summed E-state index contributed by atoms with van der Waals surface area (Å²) in [5.74, 6) is -0.272. The van der Waals surface area contributed by atoms with Crippen LogP contribution in [0.3, 0.4) is 0 Å². The van der Waals surface area contributed by atoms with Crippen LogP contribution in [0.15, 0.2) is 18.2 Å². The van der Waals surface area contributed by atoms with Crippen molar-refractivity contribution in [2.45, 2.75) is 51.8 Å². The van der Waals surface area contributed by atoms with E-state index in [1.54, 1.807) is 12.1 Å². The van der Waals surface area contributed by atoms with Crippen LogP contribution in [0.2, 0.25) is 5.02 Å². The number of likely N-dealkylation sites (tertiary alicyclic amines) is 1. The average Bonchev–Trinajstić information content (AvgIpc) is 2.42. The van der Waals surface area contributed by atoms with Gasteiger partial charge in [0.1, 0.15) is 11.4 Å². The zero-order chi connectivity index (χ0) is 17.0. The summed E-state index contributed by atoms with van der Waals surface area (Å²) < 4.78 is 19.1.